The third-order valence-electron chi connectivity index (χ3n) is 4.97. The predicted octanol–water partition coefficient (Wildman–Crippen LogP) is 1.92. The minimum absolute atomic E-state index is 0.143. The van der Waals surface area contributed by atoms with Crippen LogP contribution in [0, 0.1) is 27.9 Å². The summed E-state index contributed by atoms with van der Waals surface area (Å²) in [5.41, 5.74) is 0.922. The van der Waals surface area contributed by atoms with E-state index in [1.807, 2.05) is 37.3 Å². The number of carbonyl (C=O) groups is 3. The van der Waals surface area contributed by atoms with E-state index in [1.54, 1.807) is 6.92 Å². The number of nitro groups is 1. The third-order valence-corrected chi connectivity index (χ3v) is 4.97. The van der Waals surface area contributed by atoms with Gasteiger partial charge in [-0.15, -0.1) is 0 Å². The number of nitrogens with one attached hydrogen (secondary N) is 1. The van der Waals surface area contributed by atoms with Crippen molar-refractivity contribution in [3.05, 3.63) is 46.0 Å². The summed E-state index contributed by atoms with van der Waals surface area (Å²) in [6.45, 7) is 2.79. The van der Waals surface area contributed by atoms with E-state index in [4.69, 9.17) is 4.74 Å². The van der Waals surface area contributed by atoms with Crippen LogP contribution in [0.3, 0.4) is 0 Å². The molecule has 0 unspecified atom stereocenters. The fourth-order valence-electron chi connectivity index (χ4n) is 3.49. The van der Waals surface area contributed by atoms with Gasteiger partial charge in [-0.25, -0.2) is 0 Å². The third kappa shape index (κ3) is 5.87. The molecule has 1 aromatic rings. The number of rotatable bonds is 8. The Labute approximate surface area is 157 Å². The Hall–Kier alpha value is -2.77. The topological polar surface area (TPSA) is 116 Å². The highest BCUT2D eigenvalue weighted by Crippen LogP contribution is 2.36. The Morgan fingerprint density at radius 2 is 2.00 bits per heavy atom. The van der Waals surface area contributed by atoms with Gasteiger partial charge >= 0.3 is 5.97 Å². The van der Waals surface area contributed by atoms with Gasteiger partial charge in [0, 0.05) is 23.2 Å². The molecule has 1 aliphatic rings. The fraction of sp³-hybridized carbons (Fsp3) is 0.526. The number of nitrogens with zero attached hydrogens (tertiary/aromatic N) is 1. The highest BCUT2D eigenvalue weighted by Gasteiger charge is 2.44. The van der Waals surface area contributed by atoms with E-state index in [0.29, 0.717) is 0 Å². The van der Waals surface area contributed by atoms with Crippen molar-refractivity contribution in [2.75, 3.05) is 13.2 Å². The lowest BCUT2D eigenvalue weighted by Gasteiger charge is -2.17. The number of carbonyl (C=O) groups excluding carboxylic acids is 3. The van der Waals surface area contributed by atoms with Gasteiger partial charge in [0.1, 0.15) is 5.78 Å². The Morgan fingerprint density at radius 1 is 1.33 bits per heavy atom. The minimum Gasteiger partial charge on any atom is -0.456 e. The number of Topliss-reactive ketones (excluding diaryl/α,β-unsaturated/α-hetero) is 1. The van der Waals surface area contributed by atoms with Crippen LogP contribution in [0.5, 0.6) is 0 Å². The molecule has 1 fully saturated rings. The molecule has 4 atom stereocenters. The van der Waals surface area contributed by atoms with Gasteiger partial charge in [-0.1, -0.05) is 37.3 Å². The van der Waals surface area contributed by atoms with Gasteiger partial charge in [0.05, 0.1) is 12.5 Å². The van der Waals surface area contributed by atoms with E-state index < -0.39 is 35.2 Å². The van der Waals surface area contributed by atoms with Crippen LogP contribution in [0.1, 0.15) is 38.3 Å². The highest BCUT2D eigenvalue weighted by atomic mass is 16.6. The molecule has 0 aliphatic heterocycles. The summed E-state index contributed by atoms with van der Waals surface area (Å²) in [5, 5.41) is 13.5. The van der Waals surface area contributed by atoms with Gasteiger partial charge in [-0.2, -0.15) is 0 Å². The fourth-order valence-corrected chi connectivity index (χ4v) is 3.49. The first-order valence-corrected chi connectivity index (χ1v) is 8.92. The average molecular weight is 376 g/mol. The van der Waals surface area contributed by atoms with Crippen molar-refractivity contribution >= 4 is 17.7 Å². The van der Waals surface area contributed by atoms with Crippen LogP contribution in [0.15, 0.2) is 30.3 Å². The SMILES string of the molecule is C[C@H](NC(=O)COC(=O)C[C@@H]1C(=O)C[C@H](C)[C@H]1C[N+](=O)[O-])c1ccccc1. The van der Waals surface area contributed by atoms with E-state index in [2.05, 4.69) is 5.32 Å². The maximum absolute atomic E-state index is 12.0. The van der Waals surface area contributed by atoms with Crippen LogP contribution in [-0.2, 0) is 19.1 Å². The van der Waals surface area contributed by atoms with Gasteiger partial charge in [0.2, 0.25) is 6.54 Å². The Balaban J connectivity index is 1.82. The summed E-state index contributed by atoms with van der Waals surface area (Å²) in [6, 6.07) is 9.10. The molecular weight excluding hydrogens is 352 g/mol. The van der Waals surface area contributed by atoms with Crippen LogP contribution >= 0.6 is 0 Å². The van der Waals surface area contributed by atoms with Crippen molar-refractivity contribution in [1.29, 1.82) is 0 Å². The summed E-state index contributed by atoms with van der Waals surface area (Å²) >= 11 is 0. The van der Waals surface area contributed by atoms with Gasteiger partial charge in [0.25, 0.3) is 5.91 Å². The van der Waals surface area contributed by atoms with Crippen LogP contribution in [0.25, 0.3) is 0 Å². The van der Waals surface area contributed by atoms with Gasteiger partial charge in [-0.05, 0) is 18.4 Å². The first kappa shape index (κ1) is 20.5. The molecule has 0 bridgehead atoms. The molecule has 1 saturated carbocycles. The maximum atomic E-state index is 12.0. The molecule has 0 aromatic heterocycles. The Bertz CT molecular complexity index is 705. The first-order chi connectivity index (χ1) is 12.8. The van der Waals surface area contributed by atoms with Crippen molar-refractivity contribution in [3.8, 4) is 0 Å². The molecule has 27 heavy (non-hydrogen) atoms. The van der Waals surface area contributed by atoms with Crippen LogP contribution in [0.4, 0.5) is 0 Å². The van der Waals surface area contributed by atoms with Crippen LogP contribution < -0.4 is 5.32 Å². The van der Waals surface area contributed by atoms with E-state index in [0.717, 1.165) is 5.56 Å². The van der Waals surface area contributed by atoms with Crippen molar-refractivity contribution in [1.82, 2.24) is 5.32 Å². The second-order valence-electron chi connectivity index (χ2n) is 7.00. The molecule has 1 aromatic carbocycles. The lowest BCUT2D eigenvalue weighted by Crippen LogP contribution is -2.32. The minimum atomic E-state index is -0.718. The van der Waals surface area contributed by atoms with Gasteiger partial charge in [0.15, 0.2) is 6.61 Å². The van der Waals surface area contributed by atoms with Gasteiger partial charge < -0.3 is 10.1 Å². The van der Waals surface area contributed by atoms with Crippen molar-refractivity contribution in [2.24, 2.45) is 17.8 Å². The lowest BCUT2D eigenvalue weighted by molar-refractivity contribution is -0.490. The monoisotopic (exact) mass is 376 g/mol. The van der Waals surface area contributed by atoms with Crippen molar-refractivity contribution < 1.29 is 24.0 Å². The first-order valence-electron chi connectivity index (χ1n) is 8.92. The van der Waals surface area contributed by atoms with E-state index >= 15 is 0 Å². The molecule has 1 aliphatic carbocycles. The quantitative estimate of drug-likeness (QED) is 0.421. The molecule has 8 heteroatoms. The molecule has 0 radical (unpaired) electrons. The van der Waals surface area contributed by atoms with E-state index in [1.165, 1.54) is 0 Å². The normalized spacial score (nSPS) is 22.9. The van der Waals surface area contributed by atoms with Gasteiger partial charge in [-0.3, -0.25) is 24.5 Å². The van der Waals surface area contributed by atoms with Crippen molar-refractivity contribution in [2.45, 2.75) is 32.7 Å². The number of ketones is 1. The zero-order chi connectivity index (χ0) is 20.0. The molecule has 0 heterocycles. The molecular formula is C19H24N2O6. The molecule has 1 amide bonds. The second-order valence-corrected chi connectivity index (χ2v) is 7.00. The zero-order valence-electron chi connectivity index (χ0n) is 15.4. The molecule has 146 valence electrons. The summed E-state index contributed by atoms with van der Waals surface area (Å²) < 4.78 is 4.97. The molecule has 0 saturated heterocycles. The highest BCUT2D eigenvalue weighted by molar-refractivity contribution is 5.88. The molecule has 0 spiro atoms. The lowest BCUT2D eigenvalue weighted by atomic mass is 9.88. The predicted molar refractivity (Wildman–Crippen MR) is 96.2 cm³/mol. The number of benzene rings is 1. The number of hydrogen-bond donors (Lipinski definition) is 1. The summed E-state index contributed by atoms with van der Waals surface area (Å²) in [5.74, 6) is -2.65. The zero-order valence-corrected chi connectivity index (χ0v) is 15.4. The van der Waals surface area contributed by atoms with Crippen LogP contribution in [-0.4, -0.2) is 35.7 Å². The number of hydrogen-bond acceptors (Lipinski definition) is 6. The second kappa shape index (κ2) is 9.25. The largest absolute Gasteiger partial charge is 0.456 e. The summed E-state index contributed by atoms with van der Waals surface area (Å²) in [6.07, 6.45) is -0.00523. The number of amides is 1. The molecule has 1 N–H and O–H groups in total. The van der Waals surface area contributed by atoms with E-state index in [9.17, 15) is 24.5 Å². The summed E-state index contributed by atoms with van der Waals surface area (Å²) in [7, 11) is 0. The molecule has 2 rings (SSSR count). The Morgan fingerprint density at radius 3 is 2.63 bits per heavy atom. The number of ether oxygens (including phenoxy) is 1. The van der Waals surface area contributed by atoms with Crippen molar-refractivity contribution in [3.63, 3.8) is 0 Å². The Kier molecular flexibility index (Phi) is 7.04. The van der Waals surface area contributed by atoms with Crippen LogP contribution in [0.2, 0.25) is 0 Å². The standard InChI is InChI=1S/C19H24N2O6/c1-12-8-17(22)15(16(12)10-21(25)26)9-19(24)27-11-18(23)20-13(2)14-6-4-3-5-7-14/h3-7,12-13,15-16H,8-11H2,1-2H3,(H,20,23)/t12-,13-,15-,16+/m0/s1. The summed E-state index contributed by atoms with van der Waals surface area (Å²) in [4.78, 5) is 46.3. The number of esters is 1. The average Bonchev–Trinajstić information content (AvgIpc) is 2.87. The molecule has 8 nitrogen and oxygen atoms in total. The van der Waals surface area contributed by atoms with E-state index in [-0.39, 0.29) is 37.1 Å². The maximum Gasteiger partial charge on any atom is 0.307 e. The smallest absolute Gasteiger partial charge is 0.307 e.